The van der Waals surface area contributed by atoms with Crippen molar-refractivity contribution in [2.75, 3.05) is 0 Å². The molecule has 15 heteroatoms. The Morgan fingerprint density at radius 1 is 0.537 bits per heavy atom. The minimum atomic E-state index is -10.3. The number of para-hydroxylation sites is 1. The van der Waals surface area contributed by atoms with E-state index < -0.39 is 26.8 Å². The molecule has 6 aliphatic rings. The van der Waals surface area contributed by atoms with Gasteiger partial charge in [-0.3, -0.25) is 0 Å². The van der Waals surface area contributed by atoms with Crippen LogP contribution in [0.1, 0.15) is 22.3 Å². The van der Waals surface area contributed by atoms with Gasteiger partial charge >= 0.3 is 16.1 Å². The van der Waals surface area contributed by atoms with Gasteiger partial charge in [0, 0.05) is 16.8 Å². The van der Waals surface area contributed by atoms with Crippen LogP contribution in [0.3, 0.4) is 0 Å². The molecule has 0 aliphatic carbocycles. The van der Waals surface area contributed by atoms with Gasteiger partial charge in [-0.2, -0.15) is 9.13 Å². The van der Waals surface area contributed by atoms with Crippen LogP contribution in [0, 0.1) is 0 Å². The van der Waals surface area contributed by atoms with Crippen molar-refractivity contribution in [3.05, 3.63) is 148 Å². The number of hydrogen-bond acceptors (Lipinski definition) is 5. The SMILES string of the molecule is FS(F)(F)(F)(F)c1cc(Oc2ccccc2)c2c3n4c(c2c1)N=C1c2ccccc2C2=[N+]1[C@]41n4c(c5ccccc5c4=NC4=[N+]1C(=N3)c1ccccc14)=N2. The molecule has 13 rings (SSSR count). The Balaban J connectivity index is 1.31. The lowest BCUT2D eigenvalue weighted by Crippen LogP contribution is -2.71. The molecule has 2 aromatic heterocycles. The number of nitrogens with zero attached hydrogens (tertiary/aromatic N) is 8. The highest BCUT2D eigenvalue weighted by atomic mass is 32.5. The normalized spacial score (nSPS) is 20.3. The summed E-state index contributed by atoms with van der Waals surface area (Å²) in [5.41, 5.74) is 4.10. The monoisotopic (exact) mass is 742 g/mol. The lowest BCUT2D eigenvalue weighted by Gasteiger charge is -2.40. The van der Waals surface area contributed by atoms with E-state index in [1.165, 1.54) is 0 Å². The molecule has 8 heterocycles. The molecule has 54 heavy (non-hydrogen) atoms. The number of benzene rings is 5. The van der Waals surface area contributed by atoms with E-state index in [4.69, 9.17) is 24.7 Å². The summed E-state index contributed by atoms with van der Waals surface area (Å²) >= 11 is 0. The predicted molar refractivity (Wildman–Crippen MR) is 191 cm³/mol. The van der Waals surface area contributed by atoms with Crippen molar-refractivity contribution < 1.29 is 33.3 Å². The standard InChI is InChI=1S/C39H19F5N8OS/c40-54(41,42,43,44)21-18-28-30(29(19-21)53-20-10-2-1-3-11-20)38-48-36-27-17-9-8-16-26(27)34-46-32-23-13-5-4-12-22(23)31-45-33-24-14-6-7-15-25(24)35-47-37(28)52(38)39(49(31)32,50(33)35)51(34)36/h1-19H/q+2/t39-/m0/s1. The fourth-order valence-corrected chi connectivity index (χ4v) is 9.58. The van der Waals surface area contributed by atoms with E-state index in [1.807, 2.05) is 86.5 Å². The fraction of sp³-hybridized carbons (Fsp3) is 0.0256. The number of amidine groups is 4. The first-order valence-electron chi connectivity index (χ1n) is 16.9. The summed E-state index contributed by atoms with van der Waals surface area (Å²) < 4.78 is 88.7. The Kier molecular flexibility index (Phi) is 4.39. The first-order valence-corrected chi connectivity index (χ1v) is 18.9. The van der Waals surface area contributed by atoms with Gasteiger partial charge in [0.25, 0.3) is 23.3 Å². The molecule has 1 spiro atoms. The third-order valence-electron chi connectivity index (χ3n) is 10.9. The smallest absolute Gasteiger partial charge is 0.404 e. The summed E-state index contributed by atoms with van der Waals surface area (Å²) in [5.74, 6) is 0.349. The lowest BCUT2D eigenvalue weighted by molar-refractivity contribution is -0.790. The third-order valence-corrected chi connectivity index (χ3v) is 12.1. The van der Waals surface area contributed by atoms with Crippen molar-refractivity contribution in [2.24, 2.45) is 20.0 Å². The van der Waals surface area contributed by atoms with Crippen molar-refractivity contribution in [3.8, 4) is 11.5 Å². The lowest BCUT2D eigenvalue weighted by atomic mass is 10.1. The van der Waals surface area contributed by atoms with Gasteiger partial charge < -0.3 is 4.74 Å². The molecule has 0 bridgehead atoms. The van der Waals surface area contributed by atoms with Crippen LogP contribution in [-0.2, 0) is 5.91 Å². The van der Waals surface area contributed by atoms with E-state index in [1.54, 1.807) is 34.9 Å². The fourth-order valence-electron chi connectivity index (χ4n) is 8.91. The average Bonchev–Trinajstić information content (AvgIpc) is 3.87. The summed E-state index contributed by atoms with van der Waals surface area (Å²) in [7, 11) is -10.3. The molecule has 6 aliphatic heterocycles. The van der Waals surface area contributed by atoms with Crippen molar-refractivity contribution >= 4 is 66.7 Å². The second-order valence-corrected chi connectivity index (χ2v) is 16.3. The second kappa shape index (κ2) is 8.24. The van der Waals surface area contributed by atoms with Crippen LogP contribution >= 0.6 is 10.2 Å². The maximum Gasteiger partial charge on any atom is 0.404 e. The van der Waals surface area contributed by atoms with Crippen LogP contribution in [0.25, 0.3) is 21.5 Å². The van der Waals surface area contributed by atoms with E-state index in [9.17, 15) is 19.4 Å². The van der Waals surface area contributed by atoms with Crippen LogP contribution in [0.4, 0.5) is 31.1 Å². The van der Waals surface area contributed by atoms with Crippen molar-refractivity contribution in [1.29, 1.82) is 0 Å². The van der Waals surface area contributed by atoms with Crippen molar-refractivity contribution in [2.45, 2.75) is 10.8 Å². The zero-order valence-electron chi connectivity index (χ0n) is 27.3. The minimum absolute atomic E-state index is 0.000442. The molecular formula is C39H19F5N8OS+2. The Morgan fingerprint density at radius 2 is 1.06 bits per heavy atom. The van der Waals surface area contributed by atoms with Gasteiger partial charge in [0.2, 0.25) is 22.6 Å². The molecule has 1 atom stereocenters. The Labute approximate surface area is 299 Å². The summed E-state index contributed by atoms with van der Waals surface area (Å²) in [6.45, 7) is 0. The minimum Gasteiger partial charge on any atom is -0.456 e. The van der Waals surface area contributed by atoms with Gasteiger partial charge in [0.1, 0.15) is 16.4 Å². The summed E-state index contributed by atoms with van der Waals surface area (Å²) in [6.07, 6.45) is 0. The molecule has 7 aromatic rings. The highest BCUT2D eigenvalue weighted by molar-refractivity contribution is 8.45. The average molecular weight is 743 g/mol. The largest absolute Gasteiger partial charge is 0.456 e. The van der Waals surface area contributed by atoms with E-state index in [0.29, 0.717) is 52.0 Å². The Bertz CT molecular complexity index is 3300. The number of halogens is 5. The van der Waals surface area contributed by atoms with Crippen molar-refractivity contribution in [3.63, 3.8) is 0 Å². The van der Waals surface area contributed by atoms with E-state index >= 15 is 0 Å². The summed E-state index contributed by atoms with van der Waals surface area (Å²) in [4.78, 5) is 18.8. The molecule has 0 saturated heterocycles. The van der Waals surface area contributed by atoms with Crippen LogP contribution in [0.5, 0.6) is 11.5 Å². The highest BCUT2D eigenvalue weighted by Gasteiger charge is 2.70. The number of ether oxygens (including phenoxy) is 1. The number of rotatable bonds is 3. The summed E-state index contributed by atoms with van der Waals surface area (Å²) in [5, 5.41) is 1.51. The molecule has 0 unspecified atom stereocenters. The first-order chi connectivity index (χ1) is 25.9. The van der Waals surface area contributed by atoms with Gasteiger partial charge in [-0.05, 0) is 54.6 Å². The molecule has 0 N–H and O–H groups in total. The van der Waals surface area contributed by atoms with E-state index in [-0.39, 0.29) is 28.2 Å². The zero-order valence-corrected chi connectivity index (χ0v) is 28.1. The molecule has 9 nitrogen and oxygen atoms in total. The molecule has 260 valence electrons. The second-order valence-electron chi connectivity index (χ2n) is 13.8. The molecule has 5 aromatic carbocycles. The molecule has 0 saturated carbocycles. The molecule has 0 fully saturated rings. The van der Waals surface area contributed by atoms with Gasteiger partial charge in [-0.15, -0.1) is 9.15 Å². The maximum atomic E-state index is 15.0. The number of aliphatic imine (C=N–C) groups is 2. The Hall–Kier alpha value is -6.74. The zero-order chi connectivity index (χ0) is 36.2. The van der Waals surface area contributed by atoms with E-state index in [0.717, 1.165) is 27.5 Å². The first kappa shape index (κ1) is 28.8. The number of aromatic nitrogens is 2. The van der Waals surface area contributed by atoms with Gasteiger partial charge in [-0.25, -0.2) is 0 Å². The van der Waals surface area contributed by atoms with E-state index in [2.05, 4.69) is 0 Å². The number of fused-ring (bicyclic) bond motifs is 12. The van der Waals surface area contributed by atoms with Crippen LogP contribution < -0.4 is 15.7 Å². The van der Waals surface area contributed by atoms with Crippen LogP contribution in [0.2, 0.25) is 0 Å². The molecule has 0 amide bonds. The third kappa shape index (κ3) is 3.13. The number of hydrogen-bond donors (Lipinski definition) is 0. The highest BCUT2D eigenvalue weighted by Crippen LogP contribution is 3.02. The topological polar surface area (TPSA) is 74.5 Å². The summed E-state index contributed by atoms with van der Waals surface area (Å²) in [6, 6.07) is 31.9. The molecule has 0 radical (unpaired) electrons. The van der Waals surface area contributed by atoms with Crippen LogP contribution in [0.15, 0.2) is 140 Å². The molecular weight excluding hydrogens is 724 g/mol. The maximum absolute atomic E-state index is 15.0. The predicted octanol–water partition coefficient (Wildman–Crippen LogP) is 8.16. The van der Waals surface area contributed by atoms with Gasteiger partial charge in [0.05, 0.1) is 33.0 Å². The quantitative estimate of drug-likeness (QED) is 0.133. The van der Waals surface area contributed by atoms with Gasteiger partial charge in [0.15, 0.2) is 0 Å². The Morgan fingerprint density at radius 3 is 1.63 bits per heavy atom. The van der Waals surface area contributed by atoms with Crippen LogP contribution in [-0.4, -0.2) is 41.6 Å². The van der Waals surface area contributed by atoms with Gasteiger partial charge in [-0.1, -0.05) is 94.0 Å². The van der Waals surface area contributed by atoms with Crippen molar-refractivity contribution in [1.82, 2.24) is 9.13 Å².